The molecule has 0 aliphatic rings. The third-order valence-corrected chi connectivity index (χ3v) is 7.03. The van der Waals surface area contributed by atoms with Gasteiger partial charge in [0.2, 0.25) is 5.91 Å². The van der Waals surface area contributed by atoms with Gasteiger partial charge in [-0.05, 0) is 72.5 Å². The first kappa shape index (κ1) is 25.2. The predicted octanol–water partition coefficient (Wildman–Crippen LogP) is 7.42. The molecule has 1 unspecified atom stereocenters. The van der Waals surface area contributed by atoms with Crippen molar-refractivity contribution in [3.63, 3.8) is 0 Å². The van der Waals surface area contributed by atoms with Crippen molar-refractivity contribution < 1.29 is 14.0 Å². The highest BCUT2D eigenvalue weighted by atomic mass is 32.2. The highest BCUT2D eigenvalue weighted by molar-refractivity contribution is 8.00. The van der Waals surface area contributed by atoms with Gasteiger partial charge in [-0.15, -0.1) is 11.8 Å². The van der Waals surface area contributed by atoms with Gasteiger partial charge < -0.3 is 10.6 Å². The van der Waals surface area contributed by atoms with Crippen molar-refractivity contribution in [2.75, 3.05) is 10.6 Å². The number of anilines is 2. The van der Waals surface area contributed by atoms with Gasteiger partial charge in [0, 0.05) is 21.8 Å². The molecule has 0 spiro atoms. The van der Waals surface area contributed by atoms with Crippen LogP contribution < -0.4 is 10.6 Å². The number of hydrogen-bond acceptors (Lipinski definition) is 3. The minimum Gasteiger partial charge on any atom is -0.324 e. The Hall–Kier alpha value is -3.90. The number of aryl methyl sites for hydroxylation is 2. The van der Waals surface area contributed by atoms with Crippen LogP contribution in [0.25, 0.3) is 0 Å². The zero-order chi connectivity index (χ0) is 25.5. The van der Waals surface area contributed by atoms with Crippen LogP contribution in [-0.4, -0.2) is 11.8 Å². The first-order valence-corrected chi connectivity index (χ1v) is 12.6. The van der Waals surface area contributed by atoms with Gasteiger partial charge in [-0.25, -0.2) is 4.39 Å². The van der Waals surface area contributed by atoms with Crippen molar-refractivity contribution in [3.05, 3.63) is 125 Å². The maximum atomic E-state index is 13.6. The fourth-order valence-electron chi connectivity index (χ4n) is 3.88. The lowest BCUT2D eigenvalue weighted by atomic mass is 10.1. The summed E-state index contributed by atoms with van der Waals surface area (Å²) in [6.07, 6.45) is 0.816. The zero-order valence-electron chi connectivity index (χ0n) is 20.1. The van der Waals surface area contributed by atoms with Gasteiger partial charge in [0.25, 0.3) is 5.91 Å². The first-order chi connectivity index (χ1) is 17.4. The van der Waals surface area contributed by atoms with Crippen LogP contribution >= 0.6 is 11.8 Å². The van der Waals surface area contributed by atoms with Crippen LogP contribution in [0.2, 0.25) is 0 Å². The van der Waals surface area contributed by atoms with Gasteiger partial charge in [0.15, 0.2) is 0 Å². The Morgan fingerprint density at radius 3 is 2.31 bits per heavy atom. The Kier molecular flexibility index (Phi) is 8.18. The maximum Gasteiger partial charge on any atom is 0.255 e. The first-order valence-electron chi connectivity index (χ1n) is 11.7. The monoisotopic (exact) mass is 498 g/mol. The summed E-state index contributed by atoms with van der Waals surface area (Å²) >= 11 is 1.41. The molecule has 4 aromatic carbocycles. The number of nitrogens with one attached hydrogen (secondary N) is 2. The highest BCUT2D eigenvalue weighted by Gasteiger charge is 2.23. The smallest absolute Gasteiger partial charge is 0.255 e. The third kappa shape index (κ3) is 6.20. The molecule has 182 valence electrons. The van der Waals surface area contributed by atoms with Crippen LogP contribution in [0.5, 0.6) is 0 Å². The van der Waals surface area contributed by atoms with Crippen molar-refractivity contribution in [2.45, 2.75) is 30.4 Å². The molecular weight excluding hydrogens is 471 g/mol. The standard InChI is InChI=1S/C30H27FN2O2S/c1-3-21-12-7-9-20(2)27(21)33-30(35)28(22-10-5-4-6-11-22)36-26-14-8-13-25(19-26)32-29(34)23-15-17-24(31)18-16-23/h4-19,28H,3H2,1-2H3,(H,32,34)(H,33,35). The number of hydrogen-bond donors (Lipinski definition) is 2. The molecule has 4 nitrogen and oxygen atoms in total. The minimum absolute atomic E-state index is 0.115. The van der Waals surface area contributed by atoms with Crippen LogP contribution in [0, 0.1) is 12.7 Å². The lowest BCUT2D eigenvalue weighted by Crippen LogP contribution is -2.20. The molecule has 0 aliphatic carbocycles. The van der Waals surface area contributed by atoms with E-state index in [4.69, 9.17) is 0 Å². The molecule has 4 aromatic rings. The summed E-state index contributed by atoms with van der Waals surface area (Å²) in [5, 5.41) is 5.51. The van der Waals surface area contributed by atoms with E-state index < -0.39 is 11.1 Å². The average Bonchev–Trinajstić information content (AvgIpc) is 2.89. The van der Waals surface area contributed by atoms with E-state index in [1.807, 2.05) is 73.7 Å². The Morgan fingerprint density at radius 2 is 1.58 bits per heavy atom. The molecule has 0 saturated carbocycles. The second-order valence-corrected chi connectivity index (χ2v) is 9.53. The van der Waals surface area contributed by atoms with Crippen LogP contribution in [0.1, 0.15) is 39.2 Å². The van der Waals surface area contributed by atoms with E-state index in [-0.39, 0.29) is 11.8 Å². The number of amides is 2. The molecule has 0 heterocycles. The van der Waals surface area contributed by atoms with Crippen molar-refractivity contribution in [1.29, 1.82) is 0 Å². The highest BCUT2D eigenvalue weighted by Crippen LogP contribution is 2.38. The number of carbonyl (C=O) groups is 2. The summed E-state index contributed by atoms with van der Waals surface area (Å²) in [5.74, 6) is -0.843. The lowest BCUT2D eigenvalue weighted by Gasteiger charge is -2.20. The molecule has 0 aliphatic heterocycles. The van der Waals surface area contributed by atoms with Crippen molar-refractivity contribution in [3.8, 4) is 0 Å². The number of para-hydroxylation sites is 1. The largest absolute Gasteiger partial charge is 0.324 e. The fraction of sp³-hybridized carbons (Fsp3) is 0.133. The topological polar surface area (TPSA) is 58.2 Å². The van der Waals surface area contributed by atoms with Gasteiger partial charge in [-0.3, -0.25) is 9.59 Å². The Bertz CT molecular complexity index is 1360. The Balaban J connectivity index is 1.57. The molecule has 0 radical (unpaired) electrons. The van der Waals surface area contributed by atoms with Crippen LogP contribution in [0.3, 0.4) is 0 Å². The summed E-state index contributed by atoms with van der Waals surface area (Å²) in [7, 11) is 0. The van der Waals surface area contributed by atoms with E-state index in [1.54, 1.807) is 6.07 Å². The summed E-state index contributed by atoms with van der Waals surface area (Å²) in [4.78, 5) is 27.0. The molecule has 36 heavy (non-hydrogen) atoms. The summed E-state index contributed by atoms with van der Waals surface area (Å²) in [5.41, 5.74) is 4.80. The maximum absolute atomic E-state index is 13.6. The van der Waals surface area contributed by atoms with E-state index >= 15 is 0 Å². The molecule has 1 atom stereocenters. The number of rotatable bonds is 8. The van der Waals surface area contributed by atoms with Gasteiger partial charge in [0.1, 0.15) is 11.1 Å². The van der Waals surface area contributed by atoms with Crippen LogP contribution in [-0.2, 0) is 11.2 Å². The van der Waals surface area contributed by atoms with E-state index in [9.17, 15) is 14.0 Å². The van der Waals surface area contributed by atoms with E-state index in [0.29, 0.717) is 11.3 Å². The second kappa shape index (κ2) is 11.7. The number of halogens is 1. The molecule has 2 amide bonds. The molecule has 0 fully saturated rings. The molecule has 0 aromatic heterocycles. The Morgan fingerprint density at radius 1 is 0.861 bits per heavy atom. The van der Waals surface area contributed by atoms with E-state index in [1.165, 1.54) is 36.0 Å². The minimum atomic E-state index is -0.501. The van der Waals surface area contributed by atoms with Gasteiger partial charge in [-0.2, -0.15) is 0 Å². The quantitative estimate of drug-likeness (QED) is 0.249. The van der Waals surface area contributed by atoms with Crippen molar-refractivity contribution in [1.82, 2.24) is 0 Å². The predicted molar refractivity (Wildman–Crippen MR) is 145 cm³/mol. The molecule has 6 heteroatoms. The van der Waals surface area contributed by atoms with Crippen molar-refractivity contribution >= 4 is 35.0 Å². The van der Waals surface area contributed by atoms with Crippen LogP contribution in [0.15, 0.2) is 102 Å². The Labute approximate surface area is 215 Å². The number of thioether (sulfide) groups is 1. The average molecular weight is 499 g/mol. The lowest BCUT2D eigenvalue weighted by molar-refractivity contribution is -0.115. The molecule has 4 rings (SSSR count). The normalized spacial score (nSPS) is 11.5. The summed E-state index contributed by atoms with van der Waals surface area (Å²) in [6, 6.07) is 28.4. The number of carbonyl (C=O) groups excluding carboxylic acids is 2. The second-order valence-electron chi connectivity index (χ2n) is 8.35. The molecule has 0 bridgehead atoms. The number of benzene rings is 4. The van der Waals surface area contributed by atoms with Crippen LogP contribution in [0.4, 0.5) is 15.8 Å². The summed E-state index contributed by atoms with van der Waals surface area (Å²) in [6.45, 7) is 4.06. The van der Waals surface area contributed by atoms with Gasteiger partial charge in [-0.1, -0.05) is 61.5 Å². The van der Waals surface area contributed by atoms with Gasteiger partial charge >= 0.3 is 0 Å². The third-order valence-electron chi connectivity index (χ3n) is 5.78. The van der Waals surface area contributed by atoms with Gasteiger partial charge in [0.05, 0.1) is 0 Å². The summed E-state index contributed by atoms with van der Waals surface area (Å²) < 4.78 is 13.2. The van der Waals surface area contributed by atoms with Crippen molar-refractivity contribution in [2.24, 2.45) is 0 Å². The molecular formula is C30H27FN2O2S. The van der Waals surface area contributed by atoms with E-state index in [0.717, 1.165) is 33.7 Å². The fourth-order valence-corrected chi connectivity index (χ4v) is 4.96. The van der Waals surface area contributed by atoms with E-state index in [2.05, 4.69) is 17.6 Å². The SMILES string of the molecule is CCc1cccc(C)c1NC(=O)C(Sc1cccc(NC(=O)c2ccc(F)cc2)c1)c1ccccc1. The zero-order valence-corrected chi connectivity index (χ0v) is 20.9. The molecule has 2 N–H and O–H groups in total. The molecule has 0 saturated heterocycles.